The molecule has 2 rings (SSSR count). The molecular formula is C15H21ClN3O+. The van der Waals surface area contributed by atoms with Crippen molar-refractivity contribution in [3.63, 3.8) is 0 Å². The van der Waals surface area contributed by atoms with Crippen molar-refractivity contribution < 1.29 is 9.69 Å². The van der Waals surface area contributed by atoms with E-state index in [4.69, 9.17) is 11.6 Å². The minimum Gasteiger partial charge on any atom is -0.327 e. The molecule has 0 aromatic heterocycles. The Bertz CT molecular complexity index is 468. The Morgan fingerprint density at radius 2 is 2.05 bits per heavy atom. The highest BCUT2D eigenvalue weighted by Crippen LogP contribution is 2.08. The van der Waals surface area contributed by atoms with Crippen LogP contribution in [0.5, 0.6) is 0 Å². The lowest BCUT2D eigenvalue weighted by atomic mass is 10.2. The number of hydrogen-bond acceptors (Lipinski definition) is 2. The number of quaternary nitrogens is 1. The van der Waals surface area contributed by atoms with E-state index in [1.807, 2.05) is 12.1 Å². The van der Waals surface area contributed by atoms with Gasteiger partial charge in [0.15, 0.2) is 6.54 Å². The van der Waals surface area contributed by atoms with E-state index in [1.165, 1.54) is 30.6 Å². The number of rotatable bonds is 4. The van der Waals surface area contributed by atoms with E-state index in [0.29, 0.717) is 11.6 Å². The van der Waals surface area contributed by atoms with Crippen molar-refractivity contribution in [2.24, 2.45) is 5.10 Å². The van der Waals surface area contributed by atoms with Gasteiger partial charge in [0.1, 0.15) is 0 Å². The molecule has 5 heteroatoms. The Morgan fingerprint density at radius 3 is 2.75 bits per heavy atom. The molecule has 20 heavy (non-hydrogen) atoms. The maximum absolute atomic E-state index is 11.8. The van der Waals surface area contributed by atoms with Crippen LogP contribution in [0.25, 0.3) is 0 Å². The largest absolute Gasteiger partial charge is 0.327 e. The third kappa shape index (κ3) is 5.31. The SMILES string of the molecule is O=C(C[NH+]1CCCCCC1)N/N=C\c1cccc(Cl)c1. The number of nitrogens with zero attached hydrogens (tertiary/aromatic N) is 1. The molecule has 2 N–H and O–H groups in total. The lowest BCUT2D eigenvalue weighted by Crippen LogP contribution is -3.13. The molecule has 1 fully saturated rings. The Kier molecular flexibility index (Phi) is 6.02. The van der Waals surface area contributed by atoms with Crippen molar-refractivity contribution >= 4 is 23.7 Å². The van der Waals surface area contributed by atoms with Crippen LogP contribution in [-0.4, -0.2) is 31.8 Å². The fourth-order valence-corrected chi connectivity index (χ4v) is 2.64. The average molecular weight is 295 g/mol. The van der Waals surface area contributed by atoms with Gasteiger partial charge >= 0.3 is 0 Å². The summed E-state index contributed by atoms with van der Waals surface area (Å²) < 4.78 is 0. The quantitative estimate of drug-likeness (QED) is 0.637. The molecule has 0 radical (unpaired) electrons. The molecule has 1 amide bonds. The van der Waals surface area contributed by atoms with Crippen molar-refractivity contribution in [1.29, 1.82) is 0 Å². The average Bonchev–Trinajstić information content (AvgIpc) is 2.67. The van der Waals surface area contributed by atoms with E-state index in [-0.39, 0.29) is 5.91 Å². The van der Waals surface area contributed by atoms with Gasteiger partial charge in [-0.1, -0.05) is 23.7 Å². The van der Waals surface area contributed by atoms with Crippen LogP contribution in [0.4, 0.5) is 0 Å². The highest BCUT2D eigenvalue weighted by Gasteiger charge is 2.15. The predicted molar refractivity (Wildman–Crippen MR) is 81.2 cm³/mol. The number of amides is 1. The summed E-state index contributed by atoms with van der Waals surface area (Å²) in [7, 11) is 0. The molecule has 1 aliphatic rings. The zero-order valence-electron chi connectivity index (χ0n) is 11.6. The standard InChI is InChI=1S/C15H20ClN3O/c16-14-7-5-6-13(10-14)11-17-18-15(20)12-19-8-3-1-2-4-9-19/h5-7,10-11H,1-4,8-9,12H2,(H,18,20)/p+1/b17-11-. The van der Waals surface area contributed by atoms with Crippen molar-refractivity contribution in [2.45, 2.75) is 25.7 Å². The van der Waals surface area contributed by atoms with Crippen LogP contribution in [0, 0.1) is 0 Å². The fraction of sp³-hybridized carbons (Fsp3) is 0.467. The first-order valence-electron chi connectivity index (χ1n) is 7.15. The van der Waals surface area contributed by atoms with Gasteiger partial charge in [0, 0.05) is 5.02 Å². The molecule has 0 bridgehead atoms. The van der Waals surface area contributed by atoms with Crippen LogP contribution in [0.15, 0.2) is 29.4 Å². The smallest absolute Gasteiger partial charge is 0.295 e. The number of nitrogens with one attached hydrogen (secondary N) is 2. The number of carbonyl (C=O) groups is 1. The predicted octanol–water partition coefficient (Wildman–Crippen LogP) is 1.25. The number of hydrazone groups is 1. The summed E-state index contributed by atoms with van der Waals surface area (Å²) in [5.74, 6) is -0.0276. The Balaban J connectivity index is 1.76. The van der Waals surface area contributed by atoms with Gasteiger partial charge in [0.05, 0.1) is 19.3 Å². The first-order valence-corrected chi connectivity index (χ1v) is 7.53. The molecule has 108 valence electrons. The van der Waals surface area contributed by atoms with E-state index in [2.05, 4.69) is 10.5 Å². The molecule has 0 spiro atoms. The summed E-state index contributed by atoms with van der Waals surface area (Å²) in [5.41, 5.74) is 3.46. The lowest BCUT2D eigenvalue weighted by molar-refractivity contribution is -0.891. The number of carbonyl (C=O) groups excluding carboxylic acids is 1. The van der Waals surface area contributed by atoms with Gasteiger partial charge in [-0.05, 0) is 43.4 Å². The zero-order chi connectivity index (χ0) is 14.2. The summed E-state index contributed by atoms with van der Waals surface area (Å²) >= 11 is 5.88. The number of benzene rings is 1. The van der Waals surface area contributed by atoms with Gasteiger partial charge in [-0.25, -0.2) is 5.43 Å². The van der Waals surface area contributed by atoms with E-state index in [1.54, 1.807) is 18.3 Å². The monoisotopic (exact) mass is 294 g/mol. The Morgan fingerprint density at radius 1 is 1.30 bits per heavy atom. The summed E-state index contributed by atoms with van der Waals surface area (Å²) in [6.45, 7) is 2.68. The van der Waals surface area contributed by atoms with Crippen LogP contribution < -0.4 is 10.3 Å². The topological polar surface area (TPSA) is 45.9 Å². The lowest BCUT2D eigenvalue weighted by Gasteiger charge is -2.15. The van der Waals surface area contributed by atoms with Crippen LogP contribution in [0.2, 0.25) is 5.02 Å². The van der Waals surface area contributed by atoms with Crippen molar-refractivity contribution in [2.75, 3.05) is 19.6 Å². The molecule has 1 aromatic carbocycles. The second-order valence-electron chi connectivity index (χ2n) is 5.19. The van der Waals surface area contributed by atoms with Gasteiger partial charge in [-0.3, -0.25) is 4.79 Å². The minimum absolute atomic E-state index is 0.0276. The summed E-state index contributed by atoms with van der Waals surface area (Å²) in [4.78, 5) is 13.2. The van der Waals surface area contributed by atoms with E-state index in [0.717, 1.165) is 18.7 Å². The molecule has 1 aromatic rings. The maximum atomic E-state index is 11.8. The van der Waals surface area contributed by atoms with E-state index < -0.39 is 0 Å². The first kappa shape index (κ1) is 15.0. The molecule has 1 heterocycles. The van der Waals surface area contributed by atoms with Crippen LogP contribution in [0.3, 0.4) is 0 Å². The molecule has 0 saturated carbocycles. The summed E-state index contributed by atoms with van der Waals surface area (Å²) in [5, 5.41) is 4.64. The highest BCUT2D eigenvalue weighted by atomic mass is 35.5. The van der Waals surface area contributed by atoms with Crippen molar-refractivity contribution in [3.05, 3.63) is 34.9 Å². The van der Waals surface area contributed by atoms with Gasteiger partial charge in [0.25, 0.3) is 5.91 Å². The number of halogens is 1. The van der Waals surface area contributed by atoms with Crippen molar-refractivity contribution in [3.8, 4) is 0 Å². The van der Waals surface area contributed by atoms with Crippen LogP contribution in [0.1, 0.15) is 31.2 Å². The molecule has 4 nitrogen and oxygen atoms in total. The maximum Gasteiger partial charge on any atom is 0.295 e. The van der Waals surface area contributed by atoms with Crippen molar-refractivity contribution in [1.82, 2.24) is 5.43 Å². The van der Waals surface area contributed by atoms with Gasteiger partial charge in [-0.15, -0.1) is 0 Å². The normalized spacial score (nSPS) is 17.1. The summed E-state index contributed by atoms with van der Waals surface area (Å²) in [6.07, 6.45) is 6.63. The van der Waals surface area contributed by atoms with Gasteiger partial charge in [0.2, 0.25) is 0 Å². The number of hydrogen-bond donors (Lipinski definition) is 2. The third-order valence-corrected chi connectivity index (χ3v) is 3.71. The van der Waals surface area contributed by atoms with E-state index in [9.17, 15) is 4.79 Å². The molecule has 0 aliphatic carbocycles. The first-order chi connectivity index (χ1) is 9.74. The molecule has 0 unspecified atom stereocenters. The molecule has 0 atom stereocenters. The zero-order valence-corrected chi connectivity index (χ0v) is 12.3. The molecular weight excluding hydrogens is 274 g/mol. The molecule has 1 aliphatic heterocycles. The van der Waals surface area contributed by atoms with Crippen LogP contribution in [-0.2, 0) is 4.79 Å². The highest BCUT2D eigenvalue weighted by molar-refractivity contribution is 6.30. The summed E-state index contributed by atoms with van der Waals surface area (Å²) in [6, 6.07) is 7.35. The number of likely N-dealkylation sites (tertiary alicyclic amines) is 1. The third-order valence-electron chi connectivity index (χ3n) is 3.47. The minimum atomic E-state index is -0.0276. The second kappa shape index (κ2) is 8.02. The Hall–Kier alpha value is -1.39. The fourth-order valence-electron chi connectivity index (χ4n) is 2.44. The molecule has 1 saturated heterocycles. The van der Waals surface area contributed by atoms with Gasteiger partial charge in [-0.2, -0.15) is 5.10 Å². The van der Waals surface area contributed by atoms with Gasteiger partial charge < -0.3 is 4.90 Å². The Labute approximate surface area is 124 Å². The van der Waals surface area contributed by atoms with Crippen LogP contribution >= 0.6 is 11.6 Å². The van der Waals surface area contributed by atoms with E-state index >= 15 is 0 Å². The second-order valence-corrected chi connectivity index (χ2v) is 5.63.